The van der Waals surface area contributed by atoms with Crippen LogP contribution in [0.15, 0.2) is 12.2 Å². The quantitative estimate of drug-likeness (QED) is 0.0463. The van der Waals surface area contributed by atoms with E-state index in [0.29, 0.717) is 25.7 Å². The number of hydrogen-bond donors (Lipinski definition) is 2. The first-order chi connectivity index (χ1) is 20.7. The summed E-state index contributed by atoms with van der Waals surface area (Å²) in [6.45, 7) is 8.06. The Bertz CT molecular complexity index is 692. The second kappa shape index (κ2) is 26.5. The van der Waals surface area contributed by atoms with Crippen molar-refractivity contribution in [2.45, 2.75) is 193 Å². The first-order valence-corrected chi connectivity index (χ1v) is 17.9. The Kier molecular flexibility index (Phi) is 25.3. The molecule has 0 spiro atoms. The molecular formula is C36H67NO6. The number of unbranched alkanes of at least 4 members (excludes halogenated alkanes) is 15. The van der Waals surface area contributed by atoms with Crippen molar-refractivity contribution < 1.29 is 34.2 Å². The highest BCUT2D eigenvalue weighted by Gasteiger charge is 2.54. The summed E-state index contributed by atoms with van der Waals surface area (Å²) in [5.41, 5.74) is 0. The van der Waals surface area contributed by atoms with Gasteiger partial charge in [0.25, 0.3) is 0 Å². The minimum absolute atomic E-state index is 0.208. The lowest BCUT2D eigenvalue weighted by Crippen LogP contribution is -2.74. The maximum Gasteiger partial charge on any atom is 0.362 e. The summed E-state index contributed by atoms with van der Waals surface area (Å²) in [4.78, 5) is 37.6. The monoisotopic (exact) mass is 609 g/mol. The molecule has 0 aromatic carbocycles. The topological polar surface area (TPSA) is 115 Å². The Balaban J connectivity index is 4.81. The lowest BCUT2D eigenvalue weighted by atomic mass is 9.91. The molecule has 0 aliphatic carbocycles. The van der Waals surface area contributed by atoms with Gasteiger partial charge in [0.1, 0.15) is 6.04 Å². The van der Waals surface area contributed by atoms with Gasteiger partial charge in [0, 0.05) is 19.3 Å². The lowest BCUT2D eigenvalue weighted by Gasteiger charge is -2.52. The number of nitrogens with zero attached hydrogens (tertiary/aromatic N) is 1. The molecule has 0 radical (unpaired) electrons. The van der Waals surface area contributed by atoms with Crippen LogP contribution in [0, 0.1) is 0 Å². The Hall–Kier alpha value is -1.89. The minimum atomic E-state index is -1.33. The minimum Gasteiger partial charge on any atom is -0.544 e. The molecule has 0 bridgehead atoms. The molecule has 7 heteroatoms. The largest absolute Gasteiger partial charge is 0.544 e. The molecule has 0 fully saturated rings. The van der Waals surface area contributed by atoms with Crippen LogP contribution in [0.3, 0.4) is 0 Å². The number of carbonyl (C=O) groups is 3. The molecule has 2 N–H and O–H groups in total. The Morgan fingerprint density at radius 3 is 1.23 bits per heavy atom. The highest BCUT2D eigenvalue weighted by atomic mass is 16.4. The number of carboxylic acids is 3. The van der Waals surface area contributed by atoms with Crippen LogP contribution in [0.1, 0.15) is 175 Å². The van der Waals surface area contributed by atoms with E-state index in [4.69, 9.17) is 0 Å². The van der Waals surface area contributed by atoms with Gasteiger partial charge in [-0.1, -0.05) is 117 Å². The first kappa shape index (κ1) is 41.1. The predicted molar refractivity (Wildman–Crippen MR) is 175 cm³/mol. The second-order valence-corrected chi connectivity index (χ2v) is 12.6. The van der Waals surface area contributed by atoms with E-state index in [1.807, 2.05) is 20.8 Å². The average Bonchev–Trinajstić information content (AvgIpc) is 2.97. The third kappa shape index (κ3) is 16.7. The van der Waals surface area contributed by atoms with Gasteiger partial charge < -0.3 is 20.1 Å². The van der Waals surface area contributed by atoms with Crippen molar-refractivity contribution >= 4 is 17.9 Å². The van der Waals surface area contributed by atoms with E-state index < -0.39 is 40.5 Å². The molecule has 7 nitrogen and oxygen atoms in total. The highest BCUT2D eigenvalue weighted by molar-refractivity contribution is 5.77. The highest BCUT2D eigenvalue weighted by Crippen LogP contribution is 2.34. The summed E-state index contributed by atoms with van der Waals surface area (Å²) in [5.74, 6) is -3.55. The van der Waals surface area contributed by atoms with Gasteiger partial charge in [-0.05, 0) is 51.4 Å². The summed E-state index contributed by atoms with van der Waals surface area (Å²) in [6, 6.07) is -3.32. The van der Waals surface area contributed by atoms with Crippen LogP contribution < -0.4 is 5.11 Å². The van der Waals surface area contributed by atoms with Gasteiger partial charge in [0.15, 0.2) is 12.1 Å². The van der Waals surface area contributed by atoms with Crippen molar-refractivity contribution in [1.29, 1.82) is 0 Å². The van der Waals surface area contributed by atoms with Crippen LogP contribution in [0.5, 0.6) is 0 Å². The summed E-state index contributed by atoms with van der Waals surface area (Å²) in [6.07, 6.45) is 27.1. The molecule has 3 unspecified atom stereocenters. The van der Waals surface area contributed by atoms with Gasteiger partial charge in [-0.2, -0.15) is 0 Å². The Morgan fingerprint density at radius 2 is 0.884 bits per heavy atom. The predicted octanol–water partition coefficient (Wildman–Crippen LogP) is 8.44. The molecular weight excluding hydrogens is 542 g/mol. The van der Waals surface area contributed by atoms with Crippen LogP contribution in [0.4, 0.5) is 0 Å². The number of allylic oxidation sites excluding steroid dienone is 2. The van der Waals surface area contributed by atoms with Crippen LogP contribution in [-0.4, -0.2) is 57.3 Å². The summed E-state index contributed by atoms with van der Waals surface area (Å²) in [7, 11) is 0. The SMILES string of the molecule is CCCCC/C=C/CCCCCCCCCCCCCC[N+](C(CCC)C(=O)[O-])(C(CCC)C(=O)O)C(CCC)C(=O)O. The van der Waals surface area contributed by atoms with Gasteiger partial charge in [0.05, 0.1) is 12.5 Å². The molecule has 0 aliphatic rings. The molecule has 0 heterocycles. The maximum atomic E-state index is 12.6. The standard InChI is InChI=1S/C36H67NO6/c1-5-9-10-11-12-13-14-15-16-17-18-19-20-21-22-23-24-25-26-30-37(31(27-6-2)34(38)39,32(28-7-3)35(40)41)33(29-8-4)36(42)43/h12-13,31-33H,5-11,14-30H2,1-4H3,(H2-,38,39,40,41,42,43)/b13-12+. The van der Waals surface area contributed by atoms with E-state index in [-0.39, 0.29) is 25.8 Å². The van der Waals surface area contributed by atoms with Gasteiger partial charge in [-0.25, -0.2) is 9.59 Å². The number of rotatable bonds is 31. The molecule has 252 valence electrons. The zero-order chi connectivity index (χ0) is 32.3. The Labute approximate surface area is 264 Å². The van der Waals surface area contributed by atoms with E-state index in [1.165, 1.54) is 83.5 Å². The van der Waals surface area contributed by atoms with Crippen LogP contribution in [-0.2, 0) is 14.4 Å². The number of quaternary nitrogens is 1. The normalized spacial score (nSPS) is 15.3. The first-order valence-electron chi connectivity index (χ1n) is 17.9. The van der Waals surface area contributed by atoms with Crippen molar-refractivity contribution in [3.63, 3.8) is 0 Å². The van der Waals surface area contributed by atoms with Crippen molar-refractivity contribution in [2.24, 2.45) is 0 Å². The molecule has 0 aromatic rings. The lowest BCUT2D eigenvalue weighted by molar-refractivity contribution is -0.975. The van der Waals surface area contributed by atoms with E-state index in [9.17, 15) is 29.7 Å². The molecule has 0 rings (SSSR count). The van der Waals surface area contributed by atoms with E-state index >= 15 is 0 Å². The molecule has 43 heavy (non-hydrogen) atoms. The zero-order valence-electron chi connectivity index (χ0n) is 28.3. The smallest absolute Gasteiger partial charge is 0.362 e. The maximum absolute atomic E-state index is 12.6. The van der Waals surface area contributed by atoms with Crippen molar-refractivity contribution in [3.05, 3.63) is 12.2 Å². The molecule has 0 saturated carbocycles. The number of aliphatic carboxylic acids is 3. The van der Waals surface area contributed by atoms with Gasteiger partial charge >= 0.3 is 11.9 Å². The van der Waals surface area contributed by atoms with Crippen molar-refractivity contribution in [3.8, 4) is 0 Å². The van der Waals surface area contributed by atoms with Gasteiger partial charge in [0.2, 0.25) is 0 Å². The molecule has 0 aliphatic heterocycles. The zero-order valence-corrected chi connectivity index (χ0v) is 28.3. The van der Waals surface area contributed by atoms with Gasteiger partial charge in [-0.15, -0.1) is 0 Å². The van der Waals surface area contributed by atoms with Crippen molar-refractivity contribution in [1.82, 2.24) is 0 Å². The summed E-state index contributed by atoms with van der Waals surface area (Å²) in [5, 5.41) is 33.0. The van der Waals surface area contributed by atoms with Crippen LogP contribution >= 0.6 is 0 Å². The Morgan fingerprint density at radius 1 is 0.535 bits per heavy atom. The van der Waals surface area contributed by atoms with Crippen molar-refractivity contribution in [2.75, 3.05) is 6.54 Å². The fourth-order valence-electron chi connectivity index (χ4n) is 6.80. The number of hydrogen-bond acceptors (Lipinski definition) is 4. The molecule has 0 saturated heterocycles. The van der Waals surface area contributed by atoms with Crippen LogP contribution in [0.25, 0.3) is 0 Å². The van der Waals surface area contributed by atoms with Gasteiger partial charge in [-0.3, -0.25) is 4.48 Å². The molecule has 0 aromatic heterocycles. The molecule has 0 amide bonds. The average molecular weight is 610 g/mol. The van der Waals surface area contributed by atoms with Crippen LogP contribution in [0.2, 0.25) is 0 Å². The van der Waals surface area contributed by atoms with E-state index in [2.05, 4.69) is 19.1 Å². The third-order valence-electron chi connectivity index (χ3n) is 9.08. The molecule has 3 atom stereocenters. The fourth-order valence-corrected chi connectivity index (χ4v) is 6.80. The summed E-state index contributed by atoms with van der Waals surface area (Å²) < 4.78 is -0.433. The number of carboxylic acid groups (broad SMARTS) is 3. The summed E-state index contributed by atoms with van der Waals surface area (Å²) >= 11 is 0. The third-order valence-corrected chi connectivity index (χ3v) is 9.08. The van der Waals surface area contributed by atoms with E-state index in [1.54, 1.807) is 0 Å². The second-order valence-electron chi connectivity index (χ2n) is 12.6. The number of carbonyl (C=O) groups excluding carboxylic acids is 1. The van der Waals surface area contributed by atoms with E-state index in [0.717, 1.165) is 19.3 Å². The fraction of sp³-hybridized carbons (Fsp3) is 0.861.